The minimum atomic E-state index is -0.656. The van der Waals surface area contributed by atoms with Crippen LogP contribution in [0.15, 0.2) is 42.0 Å². The van der Waals surface area contributed by atoms with E-state index in [9.17, 15) is 13.6 Å². The van der Waals surface area contributed by atoms with Crippen molar-refractivity contribution in [3.63, 3.8) is 0 Å². The molecule has 0 aliphatic carbocycles. The number of halogens is 2. The number of hydrazone groups is 1. The average molecular weight is 276 g/mol. The van der Waals surface area contributed by atoms with E-state index in [1.807, 2.05) is 0 Å². The maximum absolute atomic E-state index is 13.2. The Labute approximate surface area is 112 Å². The maximum atomic E-state index is 13.2. The van der Waals surface area contributed by atoms with E-state index in [2.05, 4.69) is 15.5 Å². The van der Waals surface area contributed by atoms with E-state index in [-0.39, 0.29) is 18.0 Å². The SMILES string of the molecule is O=C(C1=NN[C@H](c2cc(F)cc(F)c2)C1)n1ccnc1. The third kappa shape index (κ3) is 2.29. The van der Waals surface area contributed by atoms with Crippen molar-refractivity contribution < 1.29 is 13.6 Å². The maximum Gasteiger partial charge on any atom is 0.279 e. The predicted octanol–water partition coefficient (Wildman–Crippen LogP) is 1.89. The molecule has 0 unspecified atom stereocenters. The number of benzene rings is 1. The van der Waals surface area contributed by atoms with Crippen LogP contribution in [-0.4, -0.2) is 21.2 Å². The van der Waals surface area contributed by atoms with Crippen LogP contribution in [0.25, 0.3) is 0 Å². The van der Waals surface area contributed by atoms with Gasteiger partial charge in [-0.15, -0.1) is 0 Å². The summed E-state index contributed by atoms with van der Waals surface area (Å²) < 4.78 is 27.7. The number of imidazole rings is 1. The molecular formula is C13H10F2N4O. The molecule has 1 aromatic heterocycles. The van der Waals surface area contributed by atoms with Gasteiger partial charge in [0.1, 0.15) is 23.7 Å². The van der Waals surface area contributed by atoms with Crippen molar-refractivity contribution in [2.45, 2.75) is 12.5 Å². The predicted molar refractivity (Wildman–Crippen MR) is 67.1 cm³/mol. The lowest BCUT2D eigenvalue weighted by molar-refractivity contribution is 0.0988. The first kappa shape index (κ1) is 12.5. The van der Waals surface area contributed by atoms with Gasteiger partial charge in [-0.25, -0.2) is 13.8 Å². The molecule has 1 aromatic carbocycles. The lowest BCUT2D eigenvalue weighted by Gasteiger charge is -2.10. The number of hydrogen-bond donors (Lipinski definition) is 1. The van der Waals surface area contributed by atoms with E-state index in [0.29, 0.717) is 5.56 Å². The van der Waals surface area contributed by atoms with Crippen molar-refractivity contribution in [3.8, 4) is 0 Å². The number of carbonyl (C=O) groups excluding carboxylic acids is 1. The molecular weight excluding hydrogens is 266 g/mol. The molecule has 0 saturated heterocycles. The largest absolute Gasteiger partial charge is 0.302 e. The molecule has 1 atom stereocenters. The second-order valence-corrected chi connectivity index (χ2v) is 4.42. The topological polar surface area (TPSA) is 59.3 Å². The lowest BCUT2D eigenvalue weighted by atomic mass is 10.0. The first-order valence-corrected chi connectivity index (χ1v) is 5.94. The third-order valence-corrected chi connectivity index (χ3v) is 3.03. The zero-order valence-corrected chi connectivity index (χ0v) is 10.3. The first-order valence-electron chi connectivity index (χ1n) is 5.94. The standard InChI is InChI=1S/C13H10F2N4O/c14-9-3-8(4-10(15)5-9)11-6-12(18-17-11)13(20)19-2-1-16-7-19/h1-5,7,11,17H,6H2/t11-/m0/s1. The zero-order valence-electron chi connectivity index (χ0n) is 10.3. The summed E-state index contributed by atoms with van der Waals surface area (Å²) in [6.45, 7) is 0. The number of carbonyl (C=O) groups is 1. The summed E-state index contributed by atoms with van der Waals surface area (Å²) >= 11 is 0. The molecule has 0 saturated carbocycles. The molecule has 2 aromatic rings. The Bertz CT molecular complexity index is 661. The summed E-state index contributed by atoms with van der Waals surface area (Å²) in [5.74, 6) is -1.62. The van der Waals surface area contributed by atoms with Gasteiger partial charge in [0.05, 0.1) is 6.04 Å². The molecule has 7 heteroatoms. The fraction of sp³-hybridized carbons (Fsp3) is 0.154. The van der Waals surface area contributed by atoms with Crippen molar-refractivity contribution in [1.82, 2.24) is 15.0 Å². The monoisotopic (exact) mass is 276 g/mol. The fourth-order valence-electron chi connectivity index (χ4n) is 2.07. The molecule has 0 bridgehead atoms. The van der Waals surface area contributed by atoms with Crippen LogP contribution >= 0.6 is 0 Å². The van der Waals surface area contributed by atoms with E-state index in [1.54, 1.807) is 0 Å². The Morgan fingerprint density at radius 3 is 2.70 bits per heavy atom. The highest BCUT2D eigenvalue weighted by Crippen LogP contribution is 2.23. The second kappa shape index (κ2) is 4.84. The Morgan fingerprint density at radius 2 is 2.05 bits per heavy atom. The van der Waals surface area contributed by atoms with Crippen molar-refractivity contribution >= 4 is 11.6 Å². The van der Waals surface area contributed by atoms with Gasteiger partial charge in [0.2, 0.25) is 0 Å². The van der Waals surface area contributed by atoms with Gasteiger partial charge in [-0.3, -0.25) is 9.36 Å². The molecule has 1 aliphatic heterocycles. The Morgan fingerprint density at radius 1 is 1.30 bits per heavy atom. The lowest BCUT2D eigenvalue weighted by Crippen LogP contribution is -2.19. The van der Waals surface area contributed by atoms with Crippen LogP contribution in [0, 0.1) is 11.6 Å². The smallest absolute Gasteiger partial charge is 0.279 e. The van der Waals surface area contributed by atoms with Crippen LogP contribution in [0.5, 0.6) is 0 Å². The van der Waals surface area contributed by atoms with E-state index in [1.165, 1.54) is 35.4 Å². The zero-order chi connectivity index (χ0) is 14.1. The highest BCUT2D eigenvalue weighted by Gasteiger charge is 2.26. The summed E-state index contributed by atoms with van der Waals surface area (Å²) in [7, 11) is 0. The summed E-state index contributed by atoms with van der Waals surface area (Å²) in [5.41, 5.74) is 3.43. The molecule has 20 heavy (non-hydrogen) atoms. The molecule has 2 heterocycles. The fourth-order valence-corrected chi connectivity index (χ4v) is 2.07. The number of nitrogens with zero attached hydrogens (tertiary/aromatic N) is 3. The van der Waals surface area contributed by atoms with Gasteiger partial charge >= 0.3 is 0 Å². The summed E-state index contributed by atoms with van der Waals surface area (Å²) in [4.78, 5) is 15.8. The molecule has 0 fully saturated rings. The normalized spacial score (nSPS) is 17.7. The number of hydrogen-bond acceptors (Lipinski definition) is 4. The first-order chi connectivity index (χ1) is 9.63. The third-order valence-electron chi connectivity index (χ3n) is 3.03. The van der Waals surface area contributed by atoms with Gasteiger partial charge in [-0.05, 0) is 17.7 Å². The highest BCUT2D eigenvalue weighted by atomic mass is 19.1. The van der Waals surface area contributed by atoms with E-state index >= 15 is 0 Å². The molecule has 0 amide bonds. The van der Waals surface area contributed by atoms with Crippen LogP contribution in [0.2, 0.25) is 0 Å². The van der Waals surface area contributed by atoms with Gasteiger partial charge in [0, 0.05) is 24.9 Å². The van der Waals surface area contributed by atoms with E-state index in [4.69, 9.17) is 0 Å². The van der Waals surface area contributed by atoms with Crippen LogP contribution in [-0.2, 0) is 0 Å². The Kier molecular flexibility index (Phi) is 3.02. The average Bonchev–Trinajstić information content (AvgIpc) is 3.09. The van der Waals surface area contributed by atoms with Gasteiger partial charge in [0.15, 0.2) is 0 Å². The number of rotatable bonds is 2. The van der Waals surface area contributed by atoms with Crippen molar-refractivity contribution in [2.24, 2.45) is 5.10 Å². The molecule has 0 radical (unpaired) electrons. The molecule has 3 rings (SSSR count). The van der Waals surface area contributed by atoms with Gasteiger partial charge in [0.25, 0.3) is 5.91 Å². The van der Waals surface area contributed by atoms with Crippen molar-refractivity contribution in [2.75, 3.05) is 0 Å². The quantitative estimate of drug-likeness (QED) is 0.911. The minimum Gasteiger partial charge on any atom is -0.302 e. The number of aromatic nitrogens is 2. The molecule has 0 spiro atoms. The Balaban J connectivity index is 1.77. The summed E-state index contributed by atoms with van der Waals surface area (Å²) in [6, 6.07) is 2.83. The highest BCUT2D eigenvalue weighted by molar-refractivity contribution is 6.40. The van der Waals surface area contributed by atoms with Crippen LogP contribution in [0.1, 0.15) is 22.8 Å². The number of nitrogens with one attached hydrogen (secondary N) is 1. The van der Waals surface area contributed by atoms with Gasteiger partial charge < -0.3 is 5.43 Å². The van der Waals surface area contributed by atoms with E-state index < -0.39 is 17.7 Å². The van der Waals surface area contributed by atoms with Crippen molar-refractivity contribution in [1.29, 1.82) is 0 Å². The van der Waals surface area contributed by atoms with E-state index in [0.717, 1.165) is 6.07 Å². The summed E-state index contributed by atoms with van der Waals surface area (Å²) in [6.07, 6.45) is 4.64. The van der Waals surface area contributed by atoms with Crippen LogP contribution in [0.4, 0.5) is 8.78 Å². The minimum absolute atomic E-state index is 0.264. The summed E-state index contributed by atoms with van der Waals surface area (Å²) in [5, 5.41) is 3.93. The van der Waals surface area contributed by atoms with Crippen LogP contribution < -0.4 is 5.43 Å². The molecule has 1 N–H and O–H groups in total. The molecule has 5 nitrogen and oxygen atoms in total. The van der Waals surface area contributed by atoms with Gasteiger partial charge in [-0.1, -0.05) is 0 Å². The Hall–Kier alpha value is -2.57. The van der Waals surface area contributed by atoms with Gasteiger partial charge in [-0.2, -0.15) is 5.10 Å². The second-order valence-electron chi connectivity index (χ2n) is 4.42. The molecule has 1 aliphatic rings. The molecule has 102 valence electrons. The van der Waals surface area contributed by atoms with Crippen molar-refractivity contribution in [3.05, 3.63) is 54.1 Å². The van der Waals surface area contributed by atoms with Crippen LogP contribution in [0.3, 0.4) is 0 Å².